The third kappa shape index (κ3) is 5.05. The lowest BCUT2D eigenvalue weighted by Crippen LogP contribution is -2.02. The number of rotatable bonds is 7. The van der Waals surface area contributed by atoms with Crippen LogP contribution in [0.2, 0.25) is 0 Å². The molecule has 0 unspecified atom stereocenters. The van der Waals surface area contributed by atoms with Gasteiger partial charge in [0.05, 0.1) is 11.4 Å². The first kappa shape index (κ1) is 18.4. The van der Waals surface area contributed by atoms with Crippen LogP contribution < -0.4 is 21.5 Å². The van der Waals surface area contributed by atoms with Gasteiger partial charge in [0.1, 0.15) is 12.4 Å². The molecule has 3 aromatic rings. The average molecular weight is 359 g/mol. The number of benzene rings is 3. The topological polar surface area (TPSA) is 73.3 Å². The maximum absolute atomic E-state index is 5.95. The number of anilines is 3. The molecule has 0 atom stereocenters. The van der Waals surface area contributed by atoms with E-state index < -0.39 is 0 Å². The lowest BCUT2D eigenvalue weighted by Gasteiger charge is -2.14. The highest BCUT2D eigenvalue weighted by atomic mass is 16.5. The zero-order valence-electron chi connectivity index (χ0n) is 15.5. The Kier molecular flexibility index (Phi) is 6.00. The highest BCUT2D eigenvalue weighted by Crippen LogP contribution is 2.25. The molecule has 0 aliphatic heterocycles. The van der Waals surface area contributed by atoms with Gasteiger partial charge in [0.2, 0.25) is 0 Å². The van der Waals surface area contributed by atoms with Crippen LogP contribution in [0.1, 0.15) is 24.5 Å². The Morgan fingerprint density at radius 2 is 1.67 bits per heavy atom. The molecule has 0 bridgehead atoms. The van der Waals surface area contributed by atoms with Crippen LogP contribution in [0.25, 0.3) is 5.70 Å². The third-order valence-electron chi connectivity index (χ3n) is 4.19. The predicted octanol–water partition coefficient (Wildman–Crippen LogP) is 5.29. The van der Waals surface area contributed by atoms with E-state index in [0.29, 0.717) is 18.0 Å². The standard InChI is InChI=1S/C23H25N3O/c1-2-6-23(18-9-14-21(24)22(25)15-18)26-19-10-12-20(13-11-19)27-16-17-7-4-3-5-8-17/h3-15,26H,2,16,24-25H2,1H3/b23-6+. The number of hydrogen-bond donors (Lipinski definition) is 3. The summed E-state index contributed by atoms with van der Waals surface area (Å²) in [6.07, 6.45) is 3.04. The average Bonchev–Trinajstić information content (AvgIpc) is 2.70. The second-order valence-corrected chi connectivity index (χ2v) is 6.29. The van der Waals surface area contributed by atoms with Gasteiger partial charge in [0.25, 0.3) is 0 Å². The molecule has 4 nitrogen and oxygen atoms in total. The van der Waals surface area contributed by atoms with Crippen LogP contribution in [0.15, 0.2) is 78.9 Å². The zero-order valence-corrected chi connectivity index (χ0v) is 15.5. The van der Waals surface area contributed by atoms with Gasteiger partial charge in [-0.2, -0.15) is 0 Å². The van der Waals surface area contributed by atoms with Gasteiger partial charge in [-0.1, -0.05) is 49.4 Å². The minimum absolute atomic E-state index is 0.555. The lowest BCUT2D eigenvalue weighted by molar-refractivity contribution is 0.306. The minimum atomic E-state index is 0.555. The number of ether oxygens (including phenoxy) is 1. The first-order valence-electron chi connectivity index (χ1n) is 9.05. The molecular weight excluding hydrogens is 334 g/mol. The molecule has 0 saturated heterocycles. The van der Waals surface area contributed by atoms with Gasteiger partial charge < -0.3 is 21.5 Å². The van der Waals surface area contributed by atoms with Gasteiger partial charge in [-0.3, -0.25) is 0 Å². The van der Waals surface area contributed by atoms with Crippen molar-refractivity contribution in [3.63, 3.8) is 0 Å². The van der Waals surface area contributed by atoms with E-state index in [1.165, 1.54) is 0 Å². The zero-order chi connectivity index (χ0) is 19.1. The normalized spacial score (nSPS) is 11.2. The van der Waals surface area contributed by atoms with Crippen molar-refractivity contribution < 1.29 is 4.74 Å². The fraction of sp³-hybridized carbons (Fsp3) is 0.130. The van der Waals surface area contributed by atoms with Crippen molar-refractivity contribution in [3.8, 4) is 5.75 Å². The van der Waals surface area contributed by atoms with Gasteiger partial charge in [0, 0.05) is 11.4 Å². The van der Waals surface area contributed by atoms with Crippen LogP contribution >= 0.6 is 0 Å². The third-order valence-corrected chi connectivity index (χ3v) is 4.19. The van der Waals surface area contributed by atoms with Crippen molar-refractivity contribution in [2.75, 3.05) is 16.8 Å². The van der Waals surface area contributed by atoms with Crippen molar-refractivity contribution in [3.05, 3.63) is 90.0 Å². The molecule has 4 heteroatoms. The van der Waals surface area contributed by atoms with Gasteiger partial charge in [-0.25, -0.2) is 0 Å². The summed E-state index contributed by atoms with van der Waals surface area (Å²) in [6.45, 7) is 2.65. The van der Waals surface area contributed by atoms with Crippen LogP contribution in [-0.4, -0.2) is 0 Å². The number of nitrogen functional groups attached to an aromatic ring is 2. The number of nitrogens with two attached hydrogens (primary N) is 2. The van der Waals surface area contributed by atoms with Crippen LogP contribution in [0, 0.1) is 0 Å². The van der Waals surface area contributed by atoms with E-state index in [0.717, 1.165) is 34.7 Å². The summed E-state index contributed by atoms with van der Waals surface area (Å²) in [5.74, 6) is 0.835. The largest absolute Gasteiger partial charge is 0.489 e. The Labute approximate surface area is 160 Å². The molecule has 0 aromatic heterocycles. The second-order valence-electron chi connectivity index (χ2n) is 6.29. The number of hydrogen-bond acceptors (Lipinski definition) is 4. The van der Waals surface area contributed by atoms with E-state index >= 15 is 0 Å². The van der Waals surface area contributed by atoms with Crippen molar-refractivity contribution in [2.45, 2.75) is 20.0 Å². The maximum Gasteiger partial charge on any atom is 0.119 e. The molecule has 0 aliphatic rings. The molecule has 0 amide bonds. The van der Waals surface area contributed by atoms with Crippen molar-refractivity contribution in [1.29, 1.82) is 0 Å². The Balaban J connectivity index is 1.68. The molecule has 3 aromatic carbocycles. The second kappa shape index (κ2) is 8.81. The van der Waals surface area contributed by atoms with Gasteiger partial charge in [0.15, 0.2) is 0 Å². The molecule has 0 radical (unpaired) electrons. The molecule has 0 aliphatic carbocycles. The SMILES string of the molecule is CC/C=C(/Nc1ccc(OCc2ccccc2)cc1)c1ccc(N)c(N)c1. The lowest BCUT2D eigenvalue weighted by atomic mass is 10.1. The molecule has 27 heavy (non-hydrogen) atoms. The van der Waals surface area contributed by atoms with E-state index in [1.807, 2.05) is 60.7 Å². The molecular formula is C23H25N3O. The quantitative estimate of drug-likeness (QED) is 0.501. The Hall–Kier alpha value is -3.40. The molecule has 0 spiro atoms. The van der Waals surface area contributed by atoms with E-state index in [4.69, 9.17) is 16.2 Å². The van der Waals surface area contributed by atoms with Crippen molar-refractivity contribution in [1.82, 2.24) is 0 Å². The van der Waals surface area contributed by atoms with Crippen LogP contribution in [-0.2, 0) is 6.61 Å². The van der Waals surface area contributed by atoms with Crippen LogP contribution in [0.4, 0.5) is 17.1 Å². The van der Waals surface area contributed by atoms with Gasteiger partial charge >= 0.3 is 0 Å². The van der Waals surface area contributed by atoms with E-state index in [-0.39, 0.29) is 0 Å². The summed E-state index contributed by atoms with van der Waals surface area (Å²) in [4.78, 5) is 0. The number of nitrogens with one attached hydrogen (secondary N) is 1. The minimum Gasteiger partial charge on any atom is -0.489 e. The Bertz CT molecular complexity index is 903. The number of allylic oxidation sites excluding steroid dienone is 1. The van der Waals surface area contributed by atoms with E-state index in [1.54, 1.807) is 0 Å². The molecule has 0 heterocycles. The highest BCUT2D eigenvalue weighted by molar-refractivity contribution is 5.80. The van der Waals surface area contributed by atoms with Gasteiger partial charge in [-0.15, -0.1) is 0 Å². The Morgan fingerprint density at radius 1 is 0.926 bits per heavy atom. The summed E-state index contributed by atoms with van der Waals surface area (Å²) in [5, 5.41) is 3.45. The van der Waals surface area contributed by atoms with Crippen LogP contribution in [0.3, 0.4) is 0 Å². The summed E-state index contributed by atoms with van der Waals surface area (Å²) >= 11 is 0. The maximum atomic E-state index is 5.95. The van der Waals surface area contributed by atoms with E-state index in [9.17, 15) is 0 Å². The smallest absolute Gasteiger partial charge is 0.119 e. The summed E-state index contributed by atoms with van der Waals surface area (Å²) < 4.78 is 5.84. The van der Waals surface area contributed by atoms with Crippen molar-refractivity contribution in [2.24, 2.45) is 0 Å². The summed E-state index contributed by atoms with van der Waals surface area (Å²) in [7, 11) is 0. The van der Waals surface area contributed by atoms with E-state index in [2.05, 4.69) is 30.4 Å². The molecule has 0 saturated carbocycles. The van der Waals surface area contributed by atoms with Crippen LogP contribution in [0.5, 0.6) is 5.75 Å². The summed E-state index contributed by atoms with van der Waals surface area (Å²) in [5.41, 5.74) is 17.1. The fourth-order valence-electron chi connectivity index (χ4n) is 2.72. The molecule has 3 rings (SSSR count). The fourth-order valence-corrected chi connectivity index (χ4v) is 2.72. The van der Waals surface area contributed by atoms with Crippen molar-refractivity contribution >= 4 is 22.8 Å². The first-order chi connectivity index (χ1) is 13.2. The molecule has 138 valence electrons. The molecule has 0 fully saturated rings. The molecule has 5 N–H and O–H groups in total. The summed E-state index contributed by atoms with van der Waals surface area (Å²) in [6, 6.07) is 23.8. The van der Waals surface area contributed by atoms with Gasteiger partial charge in [-0.05, 0) is 53.9 Å². The highest BCUT2D eigenvalue weighted by Gasteiger charge is 2.05. The Morgan fingerprint density at radius 3 is 2.33 bits per heavy atom. The predicted molar refractivity (Wildman–Crippen MR) is 114 cm³/mol. The first-order valence-corrected chi connectivity index (χ1v) is 9.05. The monoisotopic (exact) mass is 359 g/mol.